The normalized spacial score (nSPS) is 18.5. The van der Waals surface area contributed by atoms with E-state index in [2.05, 4.69) is 29.3 Å². The Morgan fingerprint density at radius 3 is 2.74 bits per heavy atom. The van der Waals surface area contributed by atoms with Crippen molar-refractivity contribution in [3.05, 3.63) is 88.8 Å². The first-order valence-corrected chi connectivity index (χ1v) is 14.1. The number of fused-ring (bicyclic) bond motifs is 2. The maximum atomic E-state index is 14.0. The predicted octanol–water partition coefficient (Wildman–Crippen LogP) is 4.76. The van der Waals surface area contributed by atoms with Gasteiger partial charge in [0.2, 0.25) is 6.79 Å². The quantitative estimate of drug-likeness (QED) is 0.296. The van der Waals surface area contributed by atoms with Gasteiger partial charge in [-0.25, -0.2) is 18.5 Å². The third-order valence-electron chi connectivity index (χ3n) is 7.93. The molecule has 0 amide bonds. The van der Waals surface area contributed by atoms with Crippen molar-refractivity contribution in [3.63, 3.8) is 0 Å². The molecule has 4 aromatic rings. The maximum Gasteiger partial charge on any atom is 0.343 e. The summed E-state index contributed by atoms with van der Waals surface area (Å²) < 4.78 is 33.7. The first-order valence-electron chi connectivity index (χ1n) is 14.1. The van der Waals surface area contributed by atoms with Crippen molar-refractivity contribution in [1.29, 1.82) is 0 Å². The molecule has 220 valence electrons. The molecule has 2 aromatic heterocycles. The van der Waals surface area contributed by atoms with Crippen LogP contribution in [0.3, 0.4) is 0 Å². The lowest BCUT2D eigenvalue weighted by atomic mass is 9.72. The molecule has 3 aliphatic rings. The number of para-hydroxylation sites is 1. The van der Waals surface area contributed by atoms with E-state index in [0.717, 1.165) is 11.3 Å². The van der Waals surface area contributed by atoms with E-state index in [0.29, 0.717) is 47.1 Å². The van der Waals surface area contributed by atoms with Gasteiger partial charge in [0.1, 0.15) is 28.9 Å². The standard InChI is InChI=1S/C31H29FN6O5/c1-4-41-30(40)22-14-33-38-27(21-6-5-7-25-28(21)43-17-42-25)26-23(12-31(2,3)13-24(26)39)36(29(22)38)15-19-16-37(35-34-19)20-10-8-18(32)9-11-20/h5-11,14,16,27H,4,12-13,15,17H2,1-3H3. The zero-order valence-electron chi connectivity index (χ0n) is 23.9. The molecule has 2 aromatic carbocycles. The van der Waals surface area contributed by atoms with Crippen molar-refractivity contribution in [2.75, 3.05) is 18.3 Å². The SMILES string of the molecule is CCOC(=O)c1cnn2c1N(Cc1cn(-c3ccc(F)cc3)nn1)C1=C(C(=O)CC(C)(C)C1)C2c1cccc2c1OCO2. The molecule has 11 nitrogen and oxygen atoms in total. The highest BCUT2D eigenvalue weighted by Gasteiger charge is 2.47. The lowest BCUT2D eigenvalue weighted by molar-refractivity contribution is -0.118. The van der Waals surface area contributed by atoms with Gasteiger partial charge in [-0.15, -0.1) is 5.10 Å². The lowest BCUT2D eigenvalue weighted by Gasteiger charge is -2.44. The molecule has 0 spiro atoms. The van der Waals surface area contributed by atoms with Gasteiger partial charge in [-0.2, -0.15) is 5.10 Å². The monoisotopic (exact) mass is 584 g/mol. The average Bonchev–Trinajstić information content (AvgIpc) is 3.73. The van der Waals surface area contributed by atoms with Crippen molar-refractivity contribution in [1.82, 2.24) is 24.8 Å². The summed E-state index contributed by atoms with van der Waals surface area (Å²) in [5, 5.41) is 13.3. The Labute approximate surface area is 246 Å². The number of halogens is 1. The van der Waals surface area contributed by atoms with Gasteiger partial charge in [0.15, 0.2) is 17.3 Å². The Hall–Kier alpha value is -5.00. The molecular formula is C31H29FN6O5. The maximum absolute atomic E-state index is 14.0. The second kappa shape index (κ2) is 10.1. The first kappa shape index (κ1) is 26.9. The number of ether oxygens (including phenoxy) is 3. The van der Waals surface area contributed by atoms with Gasteiger partial charge >= 0.3 is 5.97 Å². The molecule has 0 saturated carbocycles. The van der Waals surface area contributed by atoms with Crippen LogP contribution >= 0.6 is 0 Å². The van der Waals surface area contributed by atoms with Crippen LogP contribution in [0.5, 0.6) is 11.5 Å². The van der Waals surface area contributed by atoms with E-state index < -0.39 is 12.0 Å². The number of allylic oxidation sites excluding steroid dienone is 2. The van der Waals surface area contributed by atoms with Crippen LogP contribution in [0.4, 0.5) is 10.2 Å². The van der Waals surface area contributed by atoms with E-state index in [1.807, 2.05) is 23.1 Å². The highest BCUT2D eigenvalue weighted by atomic mass is 19.1. The van der Waals surface area contributed by atoms with Crippen LogP contribution in [-0.4, -0.2) is 49.9 Å². The molecule has 0 saturated heterocycles. The fourth-order valence-corrected chi connectivity index (χ4v) is 6.15. The molecule has 1 aliphatic carbocycles. The van der Waals surface area contributed by atoms with E-state index in [9.17, 15) is 14.0 Å². The van der Waals surface area contributed by atoms with Crippen LogP contribution in [0, 0.1) is 11.2 Å². The Bertz CT molecular complexity index is 1790. The van der Waals surface area contributed by atoms with Gasteiger partial charge in [0, 0.05) is 23.3 Å². The molecular weight excluding hydrogens is 555 g/mol. The molecule has 1 unspecified atom stereocenters. The Morgan fingerprint density at radius 2 is 1.95 bits per heavy atom. The van der Waals surface area contributed by atoms with E-state index >= 15 is 0 Å². The molecule has 2 aliphatic heterocycles. The van der Waals surface area contributed by atoms with Gasteiger partial charge in [-0.3, -0.25) is 4.79 Å². The van der Waals surface area contributed by atoms with E-state index in [1.54, 1.807) is 34.6 Å². The molecule has 1 atom stereocenters. The number of carbonyl (C=O) groups is 2. The third kappa shape index (κ3) is 4.53. The number of nitrogens with zero attached hydrogens (tertiary/aromatic N) is 6. The van der Waals surface area contributed by atoms with E-state index in [4.69, 9.17) is 14.2 Å². The van der Waals surface area contributed by atoms with Crippen LogP contribution in [0.25, 0.3) is 5.69 Å². The smallest absolute Gasteiger partial charge is 0.343 e. The van der Waals surface area contributed by atoms with Gasteiger partial charge in [-0.05, 0) is 49.1 Å². The van der Waals surface area contributed by atoms with Crippen LogP contribution < -0.4 is 14.4 Å². The minimum absolute atomic E-state index is 0.00781. The highest BCUT2D eigenvalue weighted by Crippen LogP contribution is 2.52. The van der Waals surface area contributed by atoms with Gasteiger partial charge in [0.05, 0.1) is 31.2 Å². The van der Waals surface area contributed by atoms with Crippen molar-refractivity contribution in [2.24, 2.45) is 5.41 Å². The van der Waals surface area contributed by atoms with E-state index in [-0.39, 0.29) is 42.5 Å². The van der Waals surface area contributed by atoms with Crippen molar-refractivity contribution < 1.29 is 28.2 Å². The first-order chi connectivity index (χ1) is 20.7. The van der Waals surface area contributed by atoms with Gasteiger partial charge in [0.25, 0.3) is 0 Å². The Balaban J connectivity index is 1.41. The molecule has 7 rings (SSSR count). The summed E-state index contributed by atoms with van der Waals surface area (Å²) in [6.07, 6.45) is 4.15. The number of benzene rings is 2. The Kier molecular flexibility index (Phi) is 6.29. The number of anilines is 1. The summed E-state index contributed by atoms with van der Waals surface area (Å²) in [7, 11) is 0. The number of aromatic nitrogens is 5. The highest BCUT2D eigenvalue weighted by molar-refractivity contribution is 6.02. The molecule has 4 heterocycles. The largest absolute Gasteiger partial charge is 0.462 e. The van der Waals surface area contributed by atoms with Crippen molar-refractivity contribution in [2.45, 2.75) is 46.2 Å². The van der Waals surface area contributed by atoms with Crippen LogP contribution in [-0.2, 0) is 16.1 Å². The minimum atomic E-state index is -0.653. The van der Waals surface area contributed by atoms with Crippen molar-refractivity contribution in [3.8, 4) is 17.2 Å². The summed E-state index contributed by atoms with van der Waals surface area (Å²) >= 11 is 0. The van der Waals surface area contributed by atoms with Crippen molar-refractivity contribution >= 4 is 17.6 Å². The van der Waals surface area contributed by atoms with Gasteiger partial charge < -0.3 is 19.1 Å². The summed E-state index contributed by atoms with van der Waals surface area (Å²) in [6.45, 7) is 6.32. The molecule has 0 fully saturated rings. The minimum Gasteiger partial charge on any atom is -0.462 e. The number of hydrogen-bond acceptors (Lipinski definition) is 9. The Morgan fingerprint density at radius 1 is 1.14 bits per heavy atom. The molecule has 0 radical (unpaired) electrons. The number of ketones is 1. The number of carbonyl (C=O) groups excluding carboxylic acids is 2. The number of Topliss-reactive ketones (excluding diaryl/α,β-unsaturated/α-hetero) is 1. The van der Waals surface area contributed by atoms with Crippen LogP contribution in [0.1, 0.15) is 61.3 Å². The molecule has 43 heavy (non-hydrogen) atoms. The third-order valence-corrected chi connectivity index (χ3v) is 7.93. The van der Waals surface area contributed by atoms with Crippen LogP contribution in [0.15, 0.2) is 66.1 Å². The fourth-order valence-electron chi connectivity index (χ4n) is 6.15. The second-order valence-corrected chi connectivity index (χ2v) is 11.5. The molecule has 0 bridgehead atoms. The average molecular weight is 585 g/mol. The molecule has 12 heteroatoms. The zero-order valence-corrected chi connectivity index (χ0v) is 23.9. The van der Waals surface area contributed by atoms with E-state index in [1.165, 1.54) is 18.3 Å². The van der Waals surface area contributed by atoms with Crippen LogP contribution in [0.2, 0.25) is 0 Å². The predicted molar refractivity (Wildman–Crippen MR) is 151 cm³/mol. The lowest BCUT2D eigenvalue weighted by Crippen LogP contribution is -2.42. The zero-order chi connectivity index (χ0) is 29.9. The summed E-state index contributed by atoms with van der Waals surface area (Å²) in [4.78, 5) is 29.3. The molecule has 0 N–H and O–H groups in total. The number of esters is 1. The summed E-state index contributed by atoms with van der Waals surface area (Å²) in [5.41, 5.74) is 3.23. The second-order valence-electron chi connectivity index (χ2n) is 11.5. The summed E-state index contributed by atoms with van der Waals surface area (Å²) in [6, 6.07) is 10.9. The fraction of sp³-hybridized carbons (Fsp3) is 0.323. The summed E-state index contributed by atoms with van der Waals surface area (Å²) in [5.74, 6) is 0.740. The number of rotatable bonds is 6. The number of hydrogen-bond donors (Lipinski definition) is 0. The van der Waals surface area contributed by atoms with Gasteiger partial charge in [-0.1, -0.05) is 31.2 Å². The topological polar surface area (TPSA) is 114 Å².